The van der Waals surface area contributed by atoms with Gasteiger partial charge in [-0.2, -0.15) is 0 Å². The number of nitrogens with one attached hydrogen (secondary N) is 1. The first-order chi connectivity index (χ1) is 10.2. The molecule has 112 valence electrons. The van der Waals surface area contributed by atoms with Crippen molar-refractivity contribution in [2.45, 2.75) is 44.6 Å². The third-order valence-electron chi connectivity index (χ3n) is 4.34. The summed E-state index contributed by atoms with van der Waals surface area (Å²) in [6.07, 6.45) is 6.43. The fourth-order valence-corrected chi connectivity index (χ4v) is 3.19. The highest BCUT2D eigenvalue weighted by Gasteiger charge is 2.23. The average Bonchev–Trinajstić information content (AvgIpc) is 2.97. The van der Waals surface area contributed by atoms with Gasteiger partial charge in [-0.05, 0) is 38.3 Å². The van der Waals surface area contributed by atoms with Crippen molar-refractivity contribution < 1.29 is 4.74 Å². The van der Waals surface area contributed by atoms with Crippen molar-refractivity contribution in [3.8, 4) is 17.0 Å². The predicted octanol–water partition coefficient (Wildman–Crippen LogP) is 3.38. The Labute approximate surface area is 125 Å². The maximum Gasteiger partial charge on any atom is 0.128 e. The SMILES string of the molecule is COc1ccc(C)cc1-c1cnc(C2CCCC(N)C2)[nH]1. The van der Waals surface area contributed by atoms with Gasteiger partial charge in [-0.15, -0.1) is 0 Å². The molecule has 0 amide bonds. The van der Waals surface area contributed by atoms with E-state index < -0.39 is 0 Å². The Hall–Kier alpha value is -1.81. The summed E-state index contributed by atoms with van der Waals surface area (Å²) >= 11 is 0. The van der Waals surface area contributed by atoms with E-state index in [1.54, 1.807) is 7.11 Å². The van der Waals surface area contributed by atoms with Crippen LogP contribution in [0.4, 0.5) is 0 Å². The van der Waals surface area contributed by atoms with Crippen molar-refractivity contribution in [1.82, 2.24) is 9.97 Å². The Morgan fingerprint density at radius 2 is 2.19 bits per heavy atom. The van der Waals surface area contributed by atoms with Gasteiger partial charge in [0.2, 0.25) is 0 Å². The number of rotatable bonds is 3. The van der Waals surface area contributed by atoms with Crippen LogP contribution in [0.5, 0.6) is 5.75 Å². The van der Waals surface area contributed by atoms with Gasteiger partial charge in [-0.3, -0.25) is 0 Å². The molecule has 0 radical (unpaired) electrons. The zero-order chi connectivity index (χ0) is 14.8. The highest BCUT2D eigenvalue weighted by molar-refractivity contribution is 5.67. The smallest absolute Gasteiger partial charge is 0.128 e. The van der Waals surface area contributed by atoms with Gasteiger partial charge >= 0.3 is 0 Å². The number of aromatic amines is 1. The summed E-state index contributed by atoms with van der Waals surface area (Å²) in [5.41, 5.74) is 9.38. The quantitative estimate of drug-likeness (QED) is 0.908. The van der Waals surface area contributed by atoms with Gasteiger partial charge < -0.3 is 15.5 Å². The zero-order valence-electron chi connectivity index (χ0n) is 12.7. The van der Waals surface area contributed by atoms with Crippen LogP contribution in [0.3, 0.4) is 0 Å². The summed E-state index contributed by atoms with van der Waals surface area (Å²) < 4.78 is 5.46. The van der Waals surface area contributed by atoms with Crippen molar-refractivity contribution in [2.24, 2.45) is 5.73 Å². The molecule has 0 bridgehead atoms. The van der Waals surface area contributed by atoms with Crippen molar-refractivity contribution in [3.63, 3.8) is 0 Å². The second-order valence-electron chi connectivity index (χ2n) is 6.01. The number of nitrogens with zero attached hydrogens (tertiary/aromatic N) is 1. The van der Waals surface area contributed by atoms with Crippen LogP contribution in [0.15, 0.2) is 24.4 Å². The molecular formula is C17H23N3O. The number of H-pyrrole nitrogens is 1. The molecule has 0 spiro atoms. The molecule has 3 rings (SSSR count). The number of benzene rings is 1. The minimum absolute atomic E-state index is 0.311. The minimum atomic E-state index is 0.311. The van der Waals surface area contributed by atoms with Crippen LogP contribution in [0.25, 0.3) is 11.3 Å². The second kappa shape index (κ2) is 5.90. The van der Waals surface area contributed by atoms with Gasteiger partial charge in [0, 0.05) is 17.5 Å². The third kappa shape index (κ3) is 2.95. The number of hydrogen-bond acceptors (Lipinski definition) is 3. The fraction of sp³-hybridized carbons (Fsp3) is 0.471. The van der Waals surface area contributed by atoms with Crippen LogP contribution < -0.4 is 10.5 Å². The number of methoxy groups -OCH3 is 1. The predicted molar refractivity (Wildman–Crippen MR) is 84.5 cm³/mol. The summed E-state index contributed by atoms with van der Waals surface area (Å²) in [5, 5.41) is 0. The highest BCUT2D eigenvalue weighted by Crippen LogP contribution is 2.34. The van der Waals surface area contributed by atoms with Gasteiger partial charge in [0.25, 0.3) is 0 Å². The van der Waals surface area contributed by atoms with E-state index in [1.165, 1.54) is 18.4 Å². The molecule has 1 saturated carbocycles. The summed E-state index contributed by atoms with van der Waals surface area (Å²) in [6, 6.07) is 6.50. The van der Waals surface area contributed by atoms with Crippen LogP contribution in [0, 0.1) is 6.92 Å². The van der Waals surface area contributed by atoms with E-state index in [0.29, 0.717) is 12.0 Å². The van der Waals surface area contributed by atoms with E-state index in [-0.39, 0.29) is 0 Å². The topological polar surface area (TPSA) is 63.9 Å². The molecule has 1 aromatic heterocycles. The molecule has 0 aliphatic heterocycles. The maximum atomic E-state index is 6.08. The lowest BCUT2D eigenvalue weighted by Gasteiger charge is -2.24. The summed E-state index contributed by atoms with van der Waals surface area (Å²) in [4.78, 5) is 8.06. The Bertz CT molecular complexity index is 620. The molecule has 4 heteroatoms. The summed E-state index contributed by atoms with van der Waals surface area (Å²) in [6.45, 7) is 2.08. The number of ether oxygens (including phenoxy) is 1. The molecule has 1 fully saturated rings. The van der Waals surface area contributed by atoms with Crippen LogP contribution in [-0.4, -0.2) is 23.1 Å². The van der Waals surface area contributed by atoms with E-state index in [1.807, 2.05) is 12.3 Å². The van der Waals surface area contributed by atoms with Gasteiger partial charge in [0.1, 0.15) is 11.6 Å². The van der Waals surface area contributed by atoms with Gasteiger partial charge in [-0.25, -0.2) is 4.98 Å². The molecular weight excluding hydrogens is 262 g/mol. The molecule has 1 heterocycles. The van der Waals surface area contributed by atoms with E-state index in [4.69, 9.17) is 10.5 Å². The highest BCUT2D eigenvalue weighted by atomic mass is 16.5. The van der Waals surface area contributed by atoms with Crippen LogP contribution in [0.2, 0.25) is 0 Å². The number of nitrogens with two attached hydrogens (primary N) is 1. The lowest BCUT2D eigenvalue weighted by Crippen LogP contribution is -2.27. The van der Waals surface area contributed by atoms with E-state index >= 15 is 0 Å². The largest absolute Gasteiger partial charge is 0.496 e. The fourth-order valence-electron chi connectivity index (χ4n) is 3.19. The first-order valence-electron chi connectivity index (χ1n) is 7.63. The van der Waals surface area contributed by atoms with E-state index in [9.17, 15) is 0 Å². The molecule has 0 saturated heterocycles. The van der Waals surface area contributed by atoms with Crippen LogP contribution in [0.1, 0.15) is 43.0 Å². The maximum absolute atomic E-state index is 6.08. The molecule has 2 unspecified atom stereocenters. The molecule has 21 heavy (non-hydrogen) atoms. The van der Waals surface area contributed by atoms with Crippen LogP contribution >= 0.6 is 0 Å². The molecule has 4 nitrogen and oxygen atoms in total. The van der Waals surface area contributed by atoms with Crippen molar-refractivity contribution >= 4 is 0 Å². The molecule has 3 N–H and O–H groups in total. The molecule has 1 aliphatic carbocycles. The summed E-state index contributed by atoms with van der Waals surface area (Å²) in [5.74, 6) is 2.39. The van der Waals surface area contributed by atoms with Crippen molar-refractivity contribution in [2.75, 3.05) is 7.11 Å². The number of aromatic nitrogens is 2. The Morgan fingerprint density at radius 1 is 1.33 bits per heavy atom. The number of imidazole rings is 1. The number of aryl methyl sites for hydroxylation is 1. The first-order valence-corrected chi connectivity index (χ1v) is 7.63. The van der Waals surface area contributed by atoms with Crippen molar-refractivity contribution in [1.29, 1.82) is 0 Å². The zero-order valence-corrected chi connectivity index (χ0v) is 12.7. The van der Waals surface area contributed by atoms with Crippen LogP contribution in [-0.2, 0) is 0 Å². The first kappa shape index (κ1) is 14.1. The molecule has 2 aromatic rings. The Balaban J connectivity index is 1.89. The number of hydrogen-bond donors (Lipinski definition) is 2. The second-order valence-corrected chi connectivity index (χ2v) is 6.01. The van der Waals surface area contributed by atoms with Crippen molar-refractivity contribution in [3.05, 3.63) is 35.8 Å². The Kier molecular flexibility index (Phi) is 3.97. The third-order valence-corrected chi connectivity index (χ3v) is 4.34. The normalized spacial score (nSPS) is 22.2. The van der Waals surface area contributed by atoms with Gasteiger partial charge in [-0.1, -0.05) is 18.1 Å². The molecule has 1 aromatic carbocycles. The standard InChI is InChI=1S/C17H23N3O/c1-11-6-7-16(21-2)14(8-11)15-10-19-17(20-15)12-4-3-5-13(18)9-12/h6-8,10,12-13H,3-5,9,18H2,1-2H3,(H,19,20). The van der Waals surface area contributed by atoms with E-state index in [0.717, 1.165) is 35.7 Å². The molecule has 1 aliphatic rings. The van der Waals surface area contributed by atoms with E-state index in [2.05, 4.69) is 29.0 Å². The monoisotopic (exact) mass is 285 g/mol. The summed E-state index contributed by atoms with van der Waals surface area (Å²) in [7, 11) is 1.70. The van der Waals surface area contributed by atoms with Gasteiger partial charge in [0.15, 0.2) is 0 Å². The lowest BCUT2D eigenvalue weighted by molar-refractivity contribution is 0.383. The Morgan fingerprint density at radius 3 is 2.95 bits per heavy atom. The van der Waals surface area contributed by atoms with Gasteiger partial charge in [0.05, 0.1) is 19.0 Å². The average molecular weight is 285 g/mol. The lowest BCUT2D eigenvalue weighted by atomic mass is 9.86. The minimum Gasteiger partial charge on any atom is -0.496 e. The molecule has 2 atom stereocenters.